The predicted octanol–water partition coefficient (Wildman–Crippen LogP) is 1.32. The number of nitrogens with one attached hydrogen (secondary N) is 1. The maximum Gasteiger partial charge on any atom is 0.317 e. The van der Waals surface area contributed by atoms with Crippen LogP contribution >= 0.6 is 0 Å². The summed E-state index contributed by atoms with van der Waals surface area (Å²) in [5, 5.41) is 3.03. The Balaban J connectivity index is 1.59. The molecule has 1 saturated heterocycles. The molecule has 1 fully saturated rings. The Morgan fingerprint density at radius 1 is 1.20 bits per heavy atom. The number of amides is 2. The van der Waals surface area contributed by atoms with Gasteiger partial charge in [0.15, 0.2) is 0 Å². The van der Waals surface area contributed by atoms with Crippen LogP contribution in [0.3, 0.4) is 0 Å². The minimum absolute atomic E-state index is 0.00158. The molecule has 4 nitrogen and oxygen atoms in total. The second kappa shape index (κ2) is 5.95. The number of benzene rings is 1. The van der Waals surface area contributed by atoms with Crippen molar-refractivity contribution in [2.24, 2.45) is 0 Å². The molecule has 0 saturated carbocycles. The lowest BCUT2D eigenvalue weighted by atomic mass is 10.0. The third kappa shape index (κ3) is 3.03. The van der Waals surface area contributed by atoms with Crippen LogP contribution in [0.15, 0.2) is 24.3 Å². The van der Waals surface area contributed by atoms with Crippen LogP contribution in [-0.4, -0.2) is 45.8 Å². The van der Waals surface area contributed by atoms with Gasteiger partial charge in [-0.3, -0.25) is 4.21 Å². The molecule has 3 rings (SSSR count). The Morgan fingerprint density at radius 3 is 2.40 bits per heavy atom. The van der Waals surface area contributed by atoms with Crippen LogP contribution in [0.2, 0.25) is 0 Å². The summed E-state index contributed by atoms with van der Waals surface area (Å²) in [6, 6.07) is 8.51. The topological polar surface area (TPSA) is 49.4 Å². The molecule has 0 aromatic heterocycles. The molecule has 1 N–H and O–H groups in total. The van der Waals surface area contributed by atoms with E-state index in [4.69, 9.17) is 0 Å². The van der Waals surface area contributed by atoms with Crippen molar-refractivity contribution in [3.05, 3.63) is 35.4 Å². The van der Waals surface area contributed by atoms with E-state index in [-0.39, 0.29) is 12.1 Å². The summed E-state index contributed by atoms with van der Waals surface area (Å²) in [4.78, 5) is 14.2. The minimum atomic E-state index is -0.743. The molecule has 0 aliphatic carbocycles. The van der Waals surface area contributed by atoms with Gasteiger partial charge in [-0.05, 0) is 30.4 Å². The molecular weight excluding hydrogens is 272 g/mol. The molecule has 2 aliphatic heterocycles. The summed E-state index contributed by atoms with van der Waals surface area (Å²) in [5.41, 5.74) is 2.70. The summed E-state index contributed by atoms with van der Waals surface area (Å²) in [5.74, 6) is 1.33. The molecule has 2 unspecified atom stereocenters. The Hall–Kier alpha value is -1.36. The molecule has 2 aliphatic rings. The van der Waals surface area contributed by atoms with Gasteiger partial charge >= 0.3 is 6.03 Å². The third-order valence-corrected chi connectivity index (χ3v) is 5.58. The number of fused-ring (bicyclic) bond motifs is 1. The maximum absolute atomic E-state index is 12.3. The Bertz CT molecular complexity index is 505. The minimum Gasteiger partial charge on any atom is -0.334 e. The molecule has 2 heterocycles. The lowest BCUT2D eigenvalue weighted by Crippen LogP contribution is -2.46. The lowest BCUT2D eigenvalue weighted by Gasteiger charge is -2.23. The average molecular weight is 292 g/mol. The van der Waals surface area contributed by atoms with Crippen molar-refractivity contribution in [3.63, 3.8) is 0 Å². The standard InChI is InChI=1S/C15H20N2O2S/c18-15(16-14-7-10-20(19)11-14)17-8-5-12-3-1-2-4-13(12)6-9-17/h1-4,14H,5-11H2,(H,16,18). The monoisotopic (exact) mass is 292 g/mol. The molecular formula is C15H20N2O2S. The fraction of sp³-hybridized carbons (Fsp3) is 0.533. The number of carbonyl (C=O) groups is 1. The first-order valence-electron chi connectivity index (χ1n) is 7.19. The second-order valence-corrected chi connectivity index (χ2v) is 7.12. The molecule has 1 aromatic carbocycles. The Kier molecular flexibility index (Phi) is 4.05. The first-order chi connectivity index (χ1) is 9.72. The van der Waals surface area contributed by atoms with Gasteiger partial charge < -0.3 is 10.2 Å². The Morgan fingerprint density at radius 2 is 1.85 bits per heavy atom. The number of nitrogens with zero attached hydrogens (tertiary/aromatic N) is 1. The summed E-state index contributed by atoms with van der Waals surface area (Å²) >= 11 is 0. The van der Waals surface area contributed by atoms with Gasteiger partial charge in [0.1, 0.15) is 0 Å². The first kappa shape index (κ1) is 13.6. The van der Waals surface area contributed by atoms with Crippen molar-refractivity contribution < 1.29 is 9.00 Å². The molecule has 0 radical (unpaired) electrons. The summed E-state index contributed by atoms with van der Waals surface area (Å²) in [7, 11) is -0.743. The smallest absolute Gasteiger partial charge is 0.317 e. The van der Waals surface area contributed by atoms with Crippen LogP contribution in [0.1, 0.15) is 17.5 Å². The highest BCUT2D eigenvalue weighted by Crippen LogP contribution is 2.16. The average Bonchev–Trinajstić information content (AvgIpc) is 2.74. The lowest BCUT2D eigenvalue weighted by molar-refractivity contribution is 0.197. The Labute approximate surface area is 122 Å². The molecule has 2 atom stereocenters. The van der Waals surface area contributed by atoms with Crippen LogP contribution in [0.5, 0.6) is 0 Å². The molecule has 2 amide bonds. The van der Waals surface area contributed by atoms with Gasteiger partial charge in [0.05, 0.1) is 0 Å². The summed E-state index contributed by atoms with van der Waals surface area (Å²) < 4.78 is 11.4. The highest BCUT2D eigenvalue weighted by Gasteiger charge is 2.25. The zero-order valence-electron chi connectivity index (χ0n) is 11.5. The second-order valence-electron chi connectivity index (χ2n) is 5.50. The summed E-state index contributed by atoms with van der Waals surface area (Å²) in [6.45, 7) is 1.53. The fourth-order valence-electron chi connectivity index (χ4n) is 2.92. The quantitative estimate of drug-likeness (QED) is 0.848. The number of rotatable bonds is 1. The van der Waals surface area contributed by atoms with Gasteiger partial charge in [-0.1, -0.05) is 24.3 Å². The van der Waals surface area contributed by atoms with Gasteiger partial charge in [0.2, 0.25) is 0 Å². The van der Waals surface area contributed by atoms with E-state index in [0.717, 1.165) is 38.1 Å². The van der Waals surface area contributed by atoms with Gasteiger partial charge in [-0.15, -0.1) is 0 Å². The van der Waals surface area contributed by atoms with Crippen LogP contribution in [0.25, 0.3) is 0 Å². The SMILES string of the molecule is O=C(NC1CCS(=O)C1)N1CCc2ccccc2CC1. The molecule has 0 bridgehead atoms. The largest absolute Gasteiger partial charge is 0.334 e. The van der Waals surface area contributed by atoms with Crippen molar-refractivity contribution >= 4 is 16.8 Å². The number of carbonyl (C=O) groups excluding carboxylic acids is 1. The maximum atomic E-state index is 12.3. The zero-order chi connectivity index (χ0) is 13.9. The number of urea groups is 1. The number of hydrogen-bond acceptors (Lipinski definition) is 2. The molecule has 5 heteroatoms. The van der Waals surface area contributed by atoms with Crippen LogP contribution in [0, 0.1) is 0 Å². The fourth-order valence-corrected chi connectivity index (χ4v) is 4.33. The molecule has 0 spiro atoms. The molecule has 108 valence electrons. The highest BCUT2D eigenvalue weighted by molar-refractivity contribution is 7.85. The van der Waals surface area contributed by atoms with Gasteiger partial charge in [0.25, 0.3) is 0 Å². The predicted molar refractivity (Wildman–Crippen MR) is 80.2 cm³/mol. The van der Waals surface area contributed by atoms with Crippen molar-refractivity contribution in [1.29, 1.82) is 0 Å². The van der Waals surface area contributed by atoms with Gasteiger partial charge in [0, 0.05) is 41.4 Å². The zero-order valence-corrected chi connectivity index (χ0v) is 12.3. The molecule has 20 heavy (non-hydrogen) atoms. The summed E-state index contributed by atoms with van der Waals surface area (Å²) in [6.07, 6.45) is 2.67. The van der Waals surface area contributed by atoms with E-state index >= 15 is 0 Å². The van der Waals surface area contributed by atoms with Crippen molar-refractivity contribution in [1.82, 2.24) is 10.2 Å². The van der Waals surface area contributed by atoms with Crippen LogP contribution in [-0.2, 0) is 23.6 Å². The highest BCUT2D eigenvalue weighted by atomic mass is 32.2. The van der Waals surface area contributed by atoms with Gasteiger partial charge in [-0.2, -0.15) is 0 Å². The van der Waals surface area contributed by atoms with E-state index in [1.165, 1.54) is 11.1 Å². The van der Waals surface area contributed by atoms with Crippen LogP contribution in [0.4, 0.5) is 4.79 Å². The van der Waals surface area contributed by atoms with E-state index in [1.54, 1.807) is 0 Å². The van der Waals surface area contributed by atoms with Crippen molar-refractivity contribution in [3.8, 4) is 0 Å². The van der Waals surface area contributed by atoms with Crippen molar-refractivity contribution in [2.75, 3.05) is 24.6 Å². The van der Waals surface area contributed by atoms with E-state index in [9.17, 15) is 9.00 Å². The molecule has 1 aromatic rings. The third-order valence-electron chi connectivity index (χ3n) is 4.12. The van der Waals surface area contributed by atoms with E-state index < -0.39 is 10.8 Å². The normalized spacial score (nSPS) is 25.9. The number of hydrogen-bond donors (Lipinski definition) is 1. The first-order valence-corrected chi connectivity index (χ1v) is 8.68. The van der Waals surface area contributed by atoms with E-state index in [1.807, 2.05) is 4.90 Å². The van der Waals surface area contributed by atoms with Gasteiger partial charge in [-0.25, -0.2) is 4.79 Å². The van der Waals surface area contributed by atoms with E-state index in [0.29, 0.717) is 5.75 Å². The van der Waals surface area contributed by atoms with Crippen molar-refractivity contribution in [2.45, 2.75) is 25.3 Å². The van der Waals surface area contributed by atoms with Crippen LogP contribution < -0.4 is 5.32 Å². The van der Waals surface area contributed by atoms with E-state index in [2.05, 4.69) is 29.6 Å².